The van der Waals surface area contributed by atoms with Gasteiger partial charge in [0.05, 0.1) is 14.2 Å². The molecule has 0 bridgehead atoms. The zero-order valence-corrected chi connectivity index (χ0v) is 21.8. The maximum absolute atomic E-state index is 13.3. The lowest BCUT2D eigenvalue weighted by Crippen LogP contribution is -2.55. The van der Waals surface area contributed by atoms with Gasteiger partial charge in [0.1, 0.15) is 23.5 Å². The molecule has 3 amide bonds. The molecule has 3 atom stereocenters. The van der Waals surface area contributed by atoms with Gasteiger partial charge in [0.25, 0.3) is 5.91 Å². The molecule has 1 saturated heterocycles. The fourth-order valence-electron chi connectivity index (χ4n) is 4.88. The summed E-state index contributed by atoms with van der Waals surface area (Å²) in [7, 11) is 2.81. The fourth-order valence-corrected chi connectivity index (χ4v) is 4.88. The Morgan fingerprint density at radius 1 is 1.08 bits per heavy atom. The molecule has 4 N–H and O–H groups in total. The Labute approximate surface area is 216 Å². The Hall–Kier alpha value is -3.56. The topological polar surface area (TPSA) is 139 Å². The van der Waals surface area contributed by atoms with E-state index in [9.17, 15) is 19.2 Å². The second-order valence-corrected chi connectivity index (χ2v) is 10.7. The highest BCUT2D eigenvalue weighted by atomic mass is 16.5. The molecule has 0 unspecified atom stereocenters. The number of rotatable bonds is 10. The summed E-state index contributed by atoms with van der Waals surface area (Å²) in [4.78, 5) is 54.7. The maximum atomic E-state index is 13.3. The molecule has 0 spiro atoms. The molecular weight excluding hydrogens is 476 g/mol. The van der Waals surface area contributed by atoms with E-state index < -0.39 is 35.8 Å². The van der Waals surface area contributed by atoms with E-state index >= 15 is 0 Å². The standard InChI is InChI=1S/C27H36N4O6/c1-27(2)11-10-16(23(32)31-27)13-21(26(35)37-4)30-24(33)19(12-15-8-9-15)29-25(34)20-14-17-18(28-20)6-5-7-22(17)36-3/h5-7,14-16,19,21,28H,8-13H2,1-4H3,(H,29,34)(H,30,33)(H,31,32)/t16-,19-,21-/m0/s1. The van der Waals surface area contributed by atoms with E-state index in [-0.39, 0.29) is 17.9 Å². The van der Waals surface area contributed by atoms with Gasteiger partial charge in [-0.15, -0.1) is 0 Å². The van der Waals surface area contributed by atoms with Crippen LogP contribution >= 0.6 is 0 Å². The molecule has 1 saturated carbocycles. The average Bonchev–Trinajstić information content (AvgIpc) is 3.57. The first-order chi connectivity index (χ1) is 17.6. The molecule has 10 heteroatoms. The molecule has 0 radical (unpaired) electrons. The summed E-state index contributed by atoms with van der Waals surface area (Å²) in [6.07, 6.45) is 3.94. The predicted molar refractivity (Wildman–Crippen MR) is 137 cm³/mol. The molecule has 10 nitrogen and oxygen atoms in total. The number of carbonyl (C=O) groups is 4. The number of ether oxygens (including phenoxy) is 2. The normalized spacial score (nSPS) is 20.4. The van der Waals surface area contributed by atoms with Crippen LogP contribution in [0.25, 0.3) is 10.9 Å². The molecule has 1 aromatic heterocycles. The molecule has 200 valence electrons. The molecule has 4 rings (SSSR count). The number of aromatic amines is 1. The minimum Gasteiger partial charge on any atom is -0.496 e. The van der Waals surface area contributed by atoms with Crippen molar-refractivity contribution >= 4 is 34.6 Å². The summed E-state index contributed by atoms with van der Waals surface area (Å²) in [6, 6.07) is 5.33. The predicted octanol–water partition coefficient (Wildman–Crippen LogP) is 2.43. The van der Waals surface area contributed by atoms with Gasteiger partial charge < -0.3 is 30.4 Å². The third kappa shape index (κ3) is 6.42. The summed E-state index contributed by atoms with van der Waals surface area (Å²) < 4.78 is 10.3. The zero-order chi connectivity index (χ0) is 26.7. The highest BCUT2D eigenvalue weighted by molar-refractivity contribution is 6.01. The van der Waals surface area contributed by atoms with Crippen molar-refractivity contribution in [3.05, 3.63) is 30.0 Å². The van der Waals surface area contributed by atoms with E-state index in [1.165, 1.54) is 7.11 Å². The van der Waals surface area contributed by atoms with E-state index in [0.29, 0.717) is 30.2 Å². The van der Waals surface area contributed by atoms with Crippen molar-refractivity contribution in [2.24, 2.45) is 11.8 Å². The van der Waals surface area contributed by atoms with Gasteiger partial charge in [0.15, 0.2) is 0 Å². The lowest BCUT2D eigenvalue weighted by molar-refractivity contribution is -0.146. The van der Waals surface area contributed by atoms with Crippen LogP contribution in [0.15, 0.2) is 24.3 Å². The van der Waals surface area contributed by atoms with Crippen molar-refractivity contribution in [3.8, 4) is 5.75 Å². The van der Waals surface area contributed by atoms with E-state index in [0.717, 1.165) is 30.2 Å². The second kappa shape index (κ2) is 10.8. The monoisotopic (exact) mass is 512 g/mol. The Balaban J connectivity index is 1.46. The highest BCUT2D eigenvalue weighted by Crippen LogP contribution is 2.34. The van der Waals surface area contributed by atoms with Gasteiger partial charge in [-0.2, -0.15) is 0 Å². The van der Waals surface area contributed by atoms with Crippen molar-refractivity contribution in [3.63, 3.8) is 0 Å². The minimum absolute atomic E-state index is 0.131. The Bertz CT molecular complexity index is 1180. The summed E-state index contributed by atoms with van der Waals surface area (Å²) in [6.45, 7) is 3.91. The summed E-state index contributed by atoms with van der Waals surface area (Å²) in [5, 5.41) is 9.32. The van der Waals surface area contributed by atoms with Crippen LogP contribution in [0.2, 0.25) is 0 Å². The van der Waals surface area contributed by atoms with Crippen molar-refractivity contribution in [1.82, 2.24) is 20.9 Å². The highest BCUT2D eigenvalue weighted by Gasteiger charge is 2.38. The van der Waals surface area contributed by atoms with E-state index in [4.69, 9.17) is 9.47 Å². The zero-order valence-electron chi connectivity index (χ0n) is 21.8. The summed E-state index contributed by atoms with van der Waals surface area (Å²) in [5.74, 6) is -1.11. The largest absolute Gasteiger partial charge is 0.496 e. The van der Waals surface area contributed by atoms with E-state index in [1.807, 2.05) is 32.0 Å². The van der Waals surface area contributed by atoms with E-state index in [1.54, 1.807) is 13.2 Å². The smallest absolute Gasteiger partial charge is 0.328 e. The van der Waals surface area contributed by atoms with Crippen molar-refractivity contribution < 1.29 is 28.7 Å². The van der Waals surface area contributed by atoms with Crippen LogP contribution in [0.4, 0.5) is 0 Å². The quantitative estimate of drug-likeness (QED) is 0.361. The number of hydrogen-bond acceptors (Lipinski definition) is 6. The third-order valence-electron chi connectivity index (χ3n) is 7.25. The average molecular weight is 513 g/mol. The van der Waals surface area contributed by atoms with Crippen molar-refractivity contribution in [1.29, 1.82) is 0 Å². The van der Waals surface area contributed by atoms with Gasteiger partial charge in [-0.3, -0.25) is 14.4 Å². The molecule has 2 aromatic rings. The number of methoxy groups -OCH3 is 2. The van der Waals surface area contributed by atoms with Gasteiger partial charge in [0, 0.05) is 22.4 Å². The summed E-state index contributed by atoms with van der Waals surface area (Å²) >= 11 is 0. The Kier molecular flexibility index (Phi) is 7.75. The third-order valence-corrected chi connectivity index (χ3v) is 7.25. The van der Waals surface area contributed by atoms with Crippen LogP contribution < -0.4 is 20.7 Å². The van der Waals surface area contributed by atoms with Crippen LogP contribution in [-0.4, -0.2) is 60.5 Å². The molecule has 2 heterocycles. The van der Waals surface area contributed by atoms with Crippen molar-refractivity contribution in [2.45, 2.75) is 70.0 Å². The lowest BCUT2D eigenvalue weighted by Gasteiger charge is -2.36. The molecule has 1 aliphatic carbocycles. The van der Waals surface area contributed by atoms with Gasteiger partial charge >= 0.3 is 5.97 Å². The molecule has 37 heavy (non-hydrogen) atoms. The van der Waals surface area contributed by atoms with E-state index in [2.05, 4.69) is 20.9 Å². The molecule has 1 aromatic carbocycles. The first-order valence-electron chi connectivity index (χ1n) is 12.8. The van der Waals surface area contributed by atoms with Crippen LogP contribution in [0.3, 0.4) is 0 Å². The number of esters is 1. The number of amides is 3. The number of carbonyl (C=O) groups excluding carboxylic acids is 4. The lowest BCUT2D eigenvalue weighted by atomic mass is 9.83. The van der Waals surface area contributed by atoms with Crippen LogP contribution in [-0.2, 0) is 19.1 Å². The molecule has 2 aliphatic rings. The summed E-state index contributed by atoms with van der Waals surface area (Å²) in [5.41, 5.74) is 0.746. The Morgan fingerprint density at radius 2 is 1.84 bits per heavy atom. The first kappa shape index (κ1) is 26.5. The SMILES string of the molecule is COC(=O)[C@H](C[C@@H]1CCC(C)(C)NC1=O)NC(=O)[C@H](CC1CC1)NC(=O)c1cc2c(OC)cccc2[nH]1. The van der Waals surface area contributed by atoms with Gasteiger partial charge in [-0.1, -0.05) is 18.9 Å². The van der Waals surface area contributed by atoms with Gasteiger partial charge in [0.2, 0.25) is 11.8 Å². The number of benzene rings is 1. The number of nitrogens with one attached hydrogen (secondary N) is 4. The van der Waals surface area contributed by atoms with Gasteiger partial charge in [-0.05, 0) is 63.6 Å². The van der Waals surface area contributed by atoms with Crippen LogP contribution in [0.1, 0.15) is 62.9 Å². The molecular formula is C27H36N4O6. The molecule has 2 fully saturated rings. The molecule has 1 aliphatic heterocycles. The number of hydrogen-bond donors (Lipinski definition) is 4. The number of fused-ring (bicyclic) bond motifs is 1. The first-order valence-corrected chi connectivity index (χ1v) is 12.8. The minimum atomic E-state index is -0.995. The number of aromatic nitrogens is 1. The number of H-pyrrole nitrogens is 1. The van der Waals surface area contributed by atoms with Crippen molar-refractivity contribution in [2.75, 3.05) is 14.2 Å². The van der Waals surface area contributed by atoms with Crippen LogP contribution in [0.5, 0.6) is 5.75 Å². The van der Waals surface area contributed by atoms with Crippen LogP contribution in [0, 0.1) is 11.8 Å². The Morgan fingerprint density at radius 3 is 2.49 bits per heavy atom. The van der Waals surface area contributed by atoms with Gasteiger partial charge in [-0.25, -0.2) is 4.79 Å². The fraction of sp³-hybridized carbons (Fsp3) is 0.556. The number of piperidine rings is 1. The maximum Gasteiger partial charge on any atom is 0.328 e. The second-order valence-electron chi connectivity index (χ2n) is 10.7.